The molecule has 1 aromatic carbocycles. The summed E-state index contributed by atoms with van der Waals surface area (Å²) in [5, 5.41) is 11.2. The molecule has 1 aromatic rings. The van der Waals surface area contributed by atoms with Crippen LogP contribution in [0.15, 0.2) is 18.2 Å². The maximum absolute atomic E-state index is 11.6. The first-order chi connectivity index (χ1) is 7.41. The molecule has 2 N–H and O–H groups in total. The summed E-state index contributed by atoms with van der Waals surface area (Å²) in [7, 11) is 0. The largest absolute Gasteiger partial charge is 0.511 e. The normalized spacial score (nSPS) is 16.5. The predicted octanol–water partition coefficient (Wildman–Crippen LogP) is 1.97. The van der Waals surface area contributed by atoms with E-state index >= 15 is 0 Å². The molecule has 0 atom stereocenters. The minimum Gasteiger partial charge on any atom is -0.449 e. The van der Waals surface area contributed by atoms with Crippen molar-refractivity contribution in [3.05, 3.63) is 23.8 Å². The van der Waals surface area contributed by atoms with Crippen LogP contribution in [-0.2, 0) is 10.2 Å². The van der Waals surface area contributed by atoms with Crippen LogP contribution in [0.2, 0.25) is 0 Å². The topological polar surface area (TPSA) is 75.6 Å². The van der Waals surface area contributed by atoms with Crippen LogP contribution in [0.1, 0.15) is 19.4 Å². The minimum absolute atomic E-state index is 0.102. The third-order valence-corrected chi connectivity index (χ3v) is 2.69. The van der Waals surface area contributed by atoms with E-state index in [4.69, 9.17) is 5.11 Å². The van der Waals surface area contributed by atoms with Crippen molar-refractivity contribution < 1.29 is 19.4 Å². The SMILES string of the molecule is CC1(C)C(=O)Nc2ccc(OC(=O)O)cc21. The monoisotopic (exact) mass is 221 g/mol. The zero-order valence-electron chi connectivity index (χ0n) is 8.90. The zero-order chi connectivity index (χ0) is 11.9. The summed E-state index contributed by atoms with van der Waals surface area (Å²) in [5.74, 6) is 0.116. The van der Waals surface area contributed by atoms with E-state index in [0.29, 0.717) is 5.69 Å². The zero-order valence-corrected chi connectivity index (χ0v) is 8.90. The van der Waals surface area contributed by atoms with Crippen molar-refractivity contribution in [2.75, 3.05) is 5.32 Å². The average molecular weight is 221 g/mol. The number of hydrogen-bond donors (Lipinski definition) is 2. The molecule has 0 unspecified atom stereocenters. The molecule has 5 nitrogen and oxygen atoms in total. The third kappa shape index (κ3) is 1.50. The van der Waals surface area contributed by atoms with Crippen molar-refractivity contribution in [1.82, 2.24) is 0 Å². The van der Waals surface area contributed by atoms with E-state index in [2.05, 4.69) is 10.1 Å². The van der Waals surface area contributed by atoms with Gasteiger partial charge in [-0.1, -0.05) is 0 Å². The number of hydrogen-bond acceptors (Lipinski definition) is 3. The maximum Gasteiger partial charge on any atom is 0.511 e. The van der Waals surface area contributed by atoms with Crippen LogP contribution < -0.4 is 10.1 Å². The highest BCUT2D eigenvalue weighted by molar-refractivity contribution is 6.05. The van der Waals surface area contributed by atoms with Crippen molar-refractivity contribution in [1.29, 1.82) is 0 Å². The Labute approximate surface area is 92.0 Å². The third-order valence-electron chi connectivity index (χ3n) is 2.69. The Morgan fingerprint density at radius 2 is 2.12 bits per heavy atom. The molecule has 1 amide bonds. The first kappa shape index (κ1) is 10.5. The highest BCUT2D eigenvalue weighted by Crippen LogP contribution is 2.39. The van der Waals surface area contributed by atoms with Gasteiger partial charge in [0.2, 0.25) is 5.91 Å². The number of anilines is 1. The molecule has 1 heterocycles. The number of amides is 1. The van der Waals surface area contributed by atoms with Crippen LogP contribution in [0.3, 0.4) is 0 Å². The van der Waals surface area contributed by atoms with Gasteiger partial charge in [0.15, 0.2) is 0 Å². The van der Waals surface area contributed by atoms with Gasteiger partial charge in [0.25, 0.3) is 0 Å². The van der Waals surface area contributed by atoms with Gasteiger partial charge in [0.1, 0.15) is 5.75 Å². The van der Waals surface area contributed by atoms with Crippen LogP contribution in [0.25, 0.3) is 0 Å². The van der Waals surface area contributed by atoms with E-state index in [1.54, 1.807) is 26.0 Å². The number of nitrogens with one attached hydrogen (secondary N) is 1. The molecule has 84 valence electrons. The van der Waals surface area contributed by atoms with Crippen molar-refractivity contribution >= 4 is 17.7 Å². The molecule has 1 aliphatic heterocycles. The summed E-state index contributed by atoms with van der Waals surface area (Å²) in [6.45, 7) is 3.55. The highest BCUT2D eigenvalue weighted by Gasteiger charge is 2.38. The number of rotatable bonds is 1. The standard InChI is InChI=1S/C11H11NO4/c1-11(2)7-5-6(16-10(14)15)3-4-8(7)12-9(11)13/h3-5H,1-2H3,(H,12,13)(H,14,15). The molecule has 0 aromatic heterocycles. The predicted molar refractivity (Wildman–Crippen MR) is 56.8 cm³/mol. The smallest absolute Gasteiger partial charge is 0.449 e. The first-order valence-electron chi connectivity index (χ1n) is 4.78. The lowest BCUT2D eigenvalue weighted by Gasteiger charge is -2.15. The van der Waals surface area contributed by atoms with Crippen LogP contribution in [0, 0.1) is 0 Å². The number of carboxylic acid groups (broad SMARTS) is 1. The molecule has 16 heavy (non-hydrogen) atoms. The molecule has 1 aliphatic rings. The van der Waals surface area contributed by atoms with Gasteiger partial charge in [-0.2, -0.15) is 0 Å². The second-order valence-electron chi connectivity index (χ2n) is 4.15. The van der Waals surface area contributed by atoms with Gasteiger partial charge in [-0.15, -0.1) is 0 Å². The Morgan fingerprint density at radius 3 is 2.75 bits per heavy atom. The van der Waals surface area contributed by atoms with Crippen LogP contribution in [-0.4, -0.2) is 17.2 Å². The van der Waals surface area contributed by atoms with Crippen LogP contribution in [0.4, 0.5) is 10.5 Å². The van der Waals surface area contributed by atoms with Gasteiger partial charge < -0.3 is 15.2 Å². The molecule has 0 saturated carbocycles. The molecule has 2 rings (SSSR count). The molecule has 0 saturated heterocycles. The van der Waals surface area contributed by atoms with E-state index < -0.39 is 11.6 Å². The van der Waals surface area contributed by atoms with Gasteiger partial charge >= 0.3 is 6.16 Å². The van der Waals surface area contributed by atoms with Crippen LogP contribution >= 0.6 is 0 Å². The average Bonchev–Trinajstić information content (AvgIpc) is 2.39. The van der Waals surface area contributed by atoms with Crippen molar-refractivity contribution in [2.45, 2.75) is 19.3 Å². The van der Waals surface area contributed by atoms with E-state index in [1.165, 1.54) is 6.07 Å². The molecule has 0 fully saturated rings. The molecular formula is C11H11NO4. The fourth-order valence-corrected chi connectivity index (χ4v) is 1.71. The number of benzene rings is 1. The Balaban J connectivity index is 2.44. The lowest BCUT2D eigenvalue weighted by molar-refractivity contribution is -0.119. The molecule has 0 spiro atoms. The van der Waals surface area contributed by atoms with Gasteiger partial charge in [0, 0.05) is 5.69 Å². The second kappa shape index (κ2) is 3.23. The van der Waals surface area contributed by atoms with Gasteiger partial charge in [0.05, 0.1) is 5.41 Å². The summed E-state index contributed by atoms with van der Waals surface area (Å²) < 4.78 is 4.55. The molecule has 0 aliphatic carbocycles. The van der Waals surface area contributed by atoms with Crippen LogP contribution in [0.5, 0.6) is 5.75 Å². The lowest BCUT2D eigenvalue weighted by Crippen LogP contribution is -2.26. The Kier molecular flexibility index (Phi) is 2.11. The summed E-state index contributed by atoms with van der Waals surface area (Å²) >= 11 is 0. The Hall–Kier alpha value is -2.04. The van der Waals surface area contributed by atoms with Crippen molar-refractivity contribution in [3.8, 4) is 5.75 Å². The van der Waals surface area contributed by atoms with E-state index in [0.717, 1.165) is 5.56 Å². The van der Waals surface area contributed by atoms with Gasteiger partial charge in [-0.3, -0.25) is 4.79 Å². The number of fused-ring (bicyclic) bond motifs is 1. The number of carbonyl (C=O) groups is 2. The summed E-state index contributed by atoms with van der Waals surface area (Å²) in [6.07, 6.45) is -1.37. The molecular weight excluding hydrogens is 210 g/mol. The summed E-state index contributed by atoms with van der Waals surface area (Å²) in [5.41, 5.74) is 0.789. The van der Waals surface area contributed by atoms with E-state index in [-0.39, 0.29) is 11.7 Å². The first-order valence-corrected chi connectivity index (χ1v) is 4.78. The lowest BCUT2D eigenvalue weighted by atomic mass is 9.86. The van der Waals surface area contributed by atoms with Crippen molar-refractivity contribution in [2.24, 2.45) is 0 Å². The molecule has 5 heteroatoms. The van der Waals surface area contributed by atoms with Gasteiger partial charge in [-0.25, -0.2) is 4.79 Å². The van der Waals surface area contributed by atoms with E-state index in [1.807, 2.05) is 0 Å². The fourth-order valence-electron chi connectivity index (χ4n) is 1.71. The summed E-state index contributed by atoms with van der Waals surface area (Å²) in [4.78, 5) is 22.0. The minimum atomic E-state index is -1.37. The van der Waals surface area contributed by atoms with Crippen molar-refractivity contribution in [3.63, 3.8) is 0 Å². The van der Waals surface area contributed by atoms with Gasteiger partial charge in [-0.05, 0) is 37.6 Å². The molecule has 0 bridgehead atoms. The Morgan fingerprint density at radius 1 is 1.44 bits per heavy atom. The Bertz CT molecular complexity index is 479. The fraction of sp³-hybridized carbons (Fsp3) is 0.273. The number of carbonyl (C=O) groups excluding carboxylic acids is 1. The second-order valence-corrected chi connectivity index (χ2v) is 4.15. The quantitative estimate of drug-likeness (QED) is 0.561. The highest BCUT2D eigenvalue weighted by atomic mass is 16.7. The summed E-state index contributed by atoms with van der Waals surface area (Å²) in [6, 6.07) is 4.72. The maximum atomic E-state index is 11.6. The molecule has 0 radical (unpaired) electrons. The van der Waals surface area contributed by atoms with E-state index in [9.17, 15) is 9.59 Å². The number of ether oxygens (including phenoxy) is 1.